The molecule has 2 nitrogen and oxygen atoms in total. The minimum Gasteiger partial charge on any atom is -0.478 e. The van der Waals surface area contributed by atoms with Gasteiger partial charge in [0.05, 0.1) is 5.56 Å². The summed E-state index contributed by atoms with van der Waals surface area (Å²) in [7, 11) is 0. The summed E-state index contributed by atoms with van der Waals surface area (Å²) in [5.74, 6) is -0.880. The summed E-state index contributed by atoms with van der Waals surface area (Å²) in [5.41, 5.74) is 4.43. The fraction of sp³-hybridized carbons (Fsp3) is 0.286. The maximum absolute atomic E-state index is 11.5. The standard InChI is InChI=1S/C21H24O2/c1-3-5-6-8-16-9-12-18(13-10-16)20-15-17(7-4-2)11-14-19(20)21(22)23/h6,8-15H,3-5,7H2,1-2H3,(H,22,23). The maximum Gasteiger partial charge on any atom is 0.336 e. The highest BCUT2D eigenvalue weighted by Gasteiger charge is 2.12. The fourth-order valence-corrected chi connectivity index (χ4v) is 2.62. The van der Waals surface area contributed by atoms with Crippen LogP contribution in [0.25, 0.3) is 17.2 Å². The van der Waals surface area contributed by atoms with Gasteiger partial charge >= 0.3 is 5.97 Å². The predicted octanol–water partition coefficient (Wildman–Crippen LogP) is 5.82. The summed E-state index contributed by atoms with van der Waals surface area (Å²) in [6.07, 6.45) is 8.50. The van der Waals surface area contributed by atoms with E-state index in [1.807, 2.05) is 36.4 Å². The highest BCUT2D eigenvalue weighted by molar-refractivity contribution is 5.96. The highest BCUT2D eigenvalue weighted by atomic mass is 16.4. The molecule has 2 rings (SSSR count). The van der Waals surface area contributed by atoms with Crippen LogP contribution in [0.2, 0.25) is 0 Å². The van der Waals surface area contributed by atoms with E-state index in [9.17, 15) is 9.90 Å². The van der Waals surface area contributed by atoms with Crippen molar-refractivity contribution in [3.8, 4) is 11.1 Å². The molecule has 2 aromatic carbocycles. The van der Waals surface area contributed by atoms with Gasteiger partial charge in [-0.15, -0.1) is 0 Å². The van der Waals surface area contributed by atoms with E-state index >= 15 is 0 Å². The molecule has 2 aromatic rings. The van der Waals surface area contributed by atoms with Crippen LogP contribution in [0.15, 0.2) is 48.5 Å². The second-order valence-electron chi connectivity index (χ2n) is 5.75. The lowest BCUT2D eigenvalue weighted by Crippen LogP contribution is -2.00. The van der Waals surface area contributed by atoms with E-state index < -0.39 is 5.97 Å². The lowest BCUT2D eigenvalue weighted by Gasteiger charge is -2.09. The molecule has 0 unspecified atom stereocenters. The molecule has 0 amide bonds. The van der Waals surface area contributed by atoms with Gasteiger partial charge in [-0.25, -0.2) is 4.79 Å². The minimum atomic E-state index is -0.880. The summed E-state index contributed by atoms with van der Waals surface area (Å²) in [6.45, 7) is 4.28. The number of hydrogen-bond acceptors (Lipinski definition) is 1. The van der Waals surface area contributed by atoms with Crippen molar-refractivity contribution in [2.24, 2.45) is 0 Å². The Bertz CT molecular complexity index is 681. The van der Waals surface area contributed by atoms with Crippen LogP contribution in [0.5, 0.6) is 0 Å². The predicted molar refractivity (Wildman–Crippen MR) is 96.8 cm³/mol. The van der Waals surface area contributed by atoms with Gasteiger partial charge < -0.3 is 5.11 Å². The Kier molecular flexibility index (Phi) is 6.16. The van der Waals surface area contributed by atoms with E-state index in [4.69, 9.17) is 0 Å². The van der Waals surface area contributed by atoms with Crippen molar-refractivity contribution in [1.29, 1.82) is 0 Å². The highest BCUT2D eigenvalue weighted by Crippen LogP contribution is 2.26. The van der Waals surface area contributed by atoms with Crippen molar-refractivity contribution in [3.63, 3.8) is 0 Å². The summed E-state index contributed by atoms with van der Waals surface area (Å²) in [4.78, 5) is 11.5. The van der Waals surface area contributed by atoms with Crippen molar-refractivity contribution in [1.82, 2.24) is 0 Å². The number of hydrogen-bond donors (Lipinski definition) is 1. The number of benzene rings is 2. The average molecular weight is 308 g/mol. The van der Waals surface area contributed by atoms with Crippen LogP contribution in [0.1, 0.15) is 54.6 Å². The van der Waals surface area contributed by atoms with Gasteiger partial charge in [0.15, 0.2) is 0 Å². The van der Waals surface area contributed by atoms with Crippen LogP contribution in [0.4, 0.5) is 0 Å². The van der Waals surface area contributed by atoms with Gasteiger partial charge in [0.2, 0.25) is 0 Å². The van der Waals surface area contributed by atoms with Crippen molar-refractivity contribution in [2.45, 2.75) is 39.5 Å². The zero-order valence-corrected chi connectivity index (χ0v) is 13.9. The molecule has 1 N–H and O–H groups in total. The third-order valence-electron chi connectivity index (χ3n) is 3.84. The largest absolute Gasteiger partial charge is 0.478 e. The molecule has 0 aromatic heterocycles. The Morgan fingerprint density at radius 2 is 1.78 bits per heavy atom. The number of unbranched alkanes of at least 4 members (excludes halogenated alkanes) is 1. The van der Waals surface area contributed by atoms with Crippen LogP contribution in [0.3, 0.4) is 0 Å². The van der Waals surface area contributed by atoms with Gasteiger partial charge in [-0.1, -0.05) is 75.2 Å². The van der Waals surface area contributed by atoms with Crippen molar-refractivity contribution >= 4 is 12.0 Å². The first-order valence-corrected chi connectivity index (χ1v) is 8.29. The third-order valence-corrected chi connectivity index (χ3v) is 3.84. The van der Waals surface area contributed by atoms with Crippen LogP contribution in [-0.4, -0.2) is 11.1 Å². The summed E-state index contributed by atoms with van der Waals surface area (Å²) in [5, 5.41) is 9.43. The normalized spacial score (nSPS) is 11.0. The molecule has 0 saturated heterocycles. The molecule has 0 spiro atoms. The van der Waals surface area contributed by atoms with Crippen molar-refractivity contribution in [3.05, 3.63) is 65.2 Å². The Morgan fingerprint density at radius 1 is 1.04 bits per heavy atom. The Labute approximate surface area is 138 Å². The van der Waals surface area contributed by atoms with E-state index in [1.54, 1.807) is 6.07 Å². The van der Waals surface area contributed by atoms with E-state index in [1.165, 1.54) is 5.56 Å². The van der Waals surface area contributed by atoms with Gasteiger partial charge in [0.25, 0.3) is 0 Å². The average Bonchev–Trinajstić information content (AvgIpc) is 2.56. The second kappa shape index (κ2) is 8.33. The molecule has 0 radical (unpaired) electrons. The number of carbonyl (C=O) groups is 1. The Morgan fingerprint density at radius 3 is 2.39 bits per heavy atom. The molecule has 0 atom stereocenters. The molecular formula is C21H24O2. The number of allylic oxidation sites excluding steroid dienone is 1. The first-order chi connectivity index (χ1) is 11.2. The maximum atomic E-state index is 11.5. The molecule has 0 aliphatic carbocycles. The first-order valence-electron chi connectivity index (χ1n) is 8.29. The molecule has 0 bridgehead atoms. The molecule has 0 saturated carbocycles. The van der Waals surface area contributed by atoms with Gasteiger partial charge in [-0.3, -0.25) is 0 Å². The molecule has 23 heavy (non-hydrogen) atoms. The van der Waals surface area contributed by atoms with E-state index in [0.717, 1.165) is 42.4 Å². The third kappa shape index (κ3) is 4.56. The SMILES string of the molecule is CCCC=Cc1ccc(-c2cc(CCC)ccc2C(=O)O)cc1. The summed E-state index contributed by atoms with van der Waals surface area (Å²) >= 11 is 0. The zero-order valence-electron chi connectivity index (χ0n) is 13.9. The smallest absolute Gasteiger partial charge is 0.336 e. The van der Waals surface area contributed by atoms with Gasteiger partial charge in [-0.2, -0.15) is 0 Å². The van der Waals surface area contributed by atoms with Crippen molar-refractivity contribution in [2.75, 3.05) is 0 Å². The number of rotatable bonds is 7. The number of aromatic carboxylic acids is 1. The number of carboxylic acid groups (broad SMARTS) is 1. The molecule has 0 aliphatic heterocycles. The molecule has 0 heterocycles. The van der Waals surface area contributed by atoms with Crippen LogP contribution in [-0.2, 0) is 6.42 Å². The molecular weight excluding hydrogens is 284 g/mol. The lowest BCUT2D eigenvalue weighted by molar-refractivity contribution is 0.0697. The van der Waals surface area contributed by atoms with Crippen LogP contribution >= 0.6 is 0 Å². The lowest BCUT2D eigenvalue weighted by atomic mass is 9.95. The monoisotopic (exact) mass is 308 g/mol. The zero-order chi connectivity index (χ0) is 16.7. The van der Waals surface area contributed by atoms with Crippen LogP contribution in [0, 0.1) is 0 Å². The fourth-order valence-electron chi connectivity index (χ4n) is 2.62. The summed E-state index contributed by atoms with van der Waals surface area (Å²) < 4.78 is 0. The molecule has 0 fully saturated rings. The Hall–Kier alpha value is -2.35. The van der Waals surface area contributed by atoms with Gasteiger partial charge in [-0.05, 0) is 41.2 Å². The van der Waals surface area contributed by atoms with E-state index in [-0.39, 0.29) is 0 Å². The molecule has 120 valence electrons. The second-order valence-corrected chi connectivity index (χ2v) is 5.75. The van der Waals surface area contributed by atoms with Crippen LogP contribution < -0.4 is 0 Å². The van der Waals surface area contributed by atoms with Gasteiger partial charge in [0, 0.05) is 0 Å². The molecule has 0 aliphatic rings. The number of aryl methyl sites for hydroxylation is 1. The van der Waals surface area contributed by atoms with Gasteiger partial charge in [0.1, 0.15) is 0 Å². The van der Waals surface area contributed by atoms with E-state index in [2.05, 4.69) is 26.0 Å². The Balaban J connectivity index is 2.35. The van der Waals surface area contributed by atoms with E-state index in [0.29, 0.717) is 5.56 Å². The number of carboxylic acids is 1. The van der Waals surface area contributed by atoms with Crippen molar-refractivity contribution < 1.29 is 9.90 Å². The first kappa shape index (κ1) is 17.0. The quantitative estimate of drug-likeness (QED) is 0.700. The molecule has 2 heteroatoms. The summed E-state index contributed by atoms with van der Waals surface area (Å²) in [6, 6.07) is 13.7. The minimum absolute atomic E-state index is 0.360. The topological polar surface area (TPSA) is 37.3 Å².